The summed E-state index contributed by atoms with van der Waals surface area (Å²) >= 11 is 6.64. The molecule has 1 heteroatoms. The van der Waals surface area contributed by atoms with Crippen LogP contribution in [0, 0.1) is 0 Å². The molecule has 102 valence electrons. The summed E-state index contributed by atoms with van der Waals surface area (Å²) in [6, 6.07) is 25.5. The largest absolute Gasteiger partial charge is 0.113 e. The Labute approximate surface area is 130 Å². The fourth-order valence-electron chi connectivity index (χ4n) is 3.14. The minimum Gasteiger partial charge on any atom is -0.113 e. The third kappa shape index (κ3) is 2.16. The molecule has 0 aromatic heterocycles. The van der Waals surface area contributed by atoms with Crippen molar-refractivity contribution < 1.29 is 0 Å². The first-order chi connectivity index (χ1) is 10.3. The maximum atomic E-state index is 6.64. The van der Waals surface area contributed by atoms with Gasteiger partial charge in [0.05, 0.1) is 5.38 Å². The molecule has 1 unspecified atom stereocenters. The second-order valence-electron chi connectivity index (χ2n) is 5.52. The SMILES string of the molecule is ClC(c1ccccc1)c1ccc2c(c1)Cc1ccccc1-2. The molecule has 0 saturated heterocycles. The highest BCUT2D eigenvalue weighted by atomic mass is 35.5. The van der Waals surface area contributed by atoms with Crippen LogP contribution in [0.15, 0.2) is 72.8 Å². The second-order valence-corrected chi connectivity index (χ2v) is 5.96. The lowest BCUT2D eigenvalue weighted by Crippen LogP contribution is -1.94. The molecule has 3 aromatic carbocycles. The van der Waals surface area contributed by atoms with E-state index in [1.165, 1.54) is 27.8 Å². The zero-order valence-corrected chi connectivity index (χ0v) is 12.3. The summed E-state index contributed by atoms with van der Waals surface area (Å²) in [4.78, 5) is 0. The minimum absolute atomic E-state index is 0.0831. The number of halogens is 1. The van der Waals surface area contributed by atoms with Crippen molar-refractivity contribution in [3.63, 3.8) is 0 Å². The van der Waals surface area contributed by atoms with Crippen LogP contribution in [0.25, 0.3) is 11.1 Å². The number of rotatable bonds is 2. The third-order valence-corrected chi connectivity index (χ3v) is 4.71. The van der Waals surface area contributed by atoms with Crippen molar-refractivity contribution in [2.75, 3.05) is 0 Å². The van der Waals surface area contributed by atoms with Gasteiger partial charge < -0.3 is 0 Å². The molecule has 0 spiro atoms. The molecule has 0 saturated carbocycles. The lowest BCUT2D eigenvalue weighted by molar-refractivity contribution is 1.12. The molecular formula is C20H15Cl. The smallest absolute Gasteiger partial charge is 0.0835 e. The Morgan fingerprint density at radius 2 is 1.38 bits per heavy atom. The topological polar surface area (TPSA) is 0 Å². The highest BCUT2D eigenvalue weighted by molar-refractivity contribution is 6.22. The van der Waals surface area contributed by atoms with Gasteiger partial charge in [-0.15, -0.1) is 11.6 Å². The molecule has 4 rings (SSSR count). The van der Waals surface area contributed by atoms with E-state index in [-0.39, 0.29) is 5.38 Å². The van der Waals surface area contributed by atoms with Crippen LogP contribution >= 0.6 is 11.6 Å². The summed E-state index contributed by atoms with van der Waals surface area (Å²) in [5.74, 6) is 0. The highest BCUT2D eigenvalue weighted by Crippen LogP contribution is 2.39. The Balaban J connectivity index is 1.74. The predicted molar refractivity (Wildman–Crippen MR) is 88.8 cm³/mol. The monoisotopic (exact) mass is 290 g/mol. The van der Waals surface area contributed by atoms with Crippen LogP contribution < -0.4 is 0 Å². The standard InChI is InChI=1S/C20H15Cl/c21-20(14-6-2-1-3-7-14)16-10-11-19-17(13-16)12-15-8-4-5-9-18(15)19/h1-11,13,20H,12H2. The van der Waals surface area contributed by atoms with E-state index in [0.29, 0.717) is 0 Å². The van der Waals surface area contributed by atoms with E-state index in [4.69, 9.17) is 11.6 Å². The van der Waals surface area contributed by atoms with Gasteiger partial charge in [-0.05, 0) is 39.8 Å². The van der Waals surface area contributed by atoms with Crippen LogP contribution in [-0.2, 0) is 6.42 Å². The van der Waals surface area contributed by atoms with Crippen molar-refractivity contribution in [3.05, 3.63) is 95.1 Å². The molecule has 1 aliphatic carbocycles. The van der Waals surface area contributed by atoms with Gasteiger partial charge in [-0.1, -0.05) is 72.8 Å². The highest BCUT2D eigenvalue weighted by Gasteiger charge is 2.19. The zero-order valence-electron chi connectivity index (χ0n) is 11.6. The summed E-state index contributed by atoms with van der Waals surface area (Å²) in [7, 11) is 0. The van der Waals surface area contributed by atoms with Gasteiger partial charge in [0.25, 0.3) is 0 Å². The van der Waals surface area contributed by atoms with E-state index in [1.54, 1.807) is 0 Å². The van der Waals surface area contributed by atoms with Crippen molar-refractivity contribution in [3.8, 4) is 11.1 Å². The van der Waals surface area contributed by atoms with Crippen LogP contribution in [0.4, 0.5) is 0 Å². The maximum Gasteiger partial charge on any atom is 0.0835 e. The number of hydrogen-bond acceptors (Lipinski definition) is 0. The average molecular weight is 291 g/mol. The van der Waals surface area contributed by atoms with Crippen molar-refractivity contribution in [2.24, 2.45) is 0 Å². The van der Waals surface area contributed by atoms with E-state index in [1.807, 2.05) is 18.2 Å². The predicted octanol–water partition coefficient (Wildman–Crippen LogP) is 5.59. The van der Waals surface area contributed by atoms with Gasteiger partial charge in [0.2, 0.25) is 0 Å². The van der Waals surface area contributed by atoms with Crippen molar-refractivity contribution in [2.45, 2.75) is 11.8 Å². The van der Waals surface area contributed by atoms with Gasteiger partial charge in [0, 0.05) is 0 Å². The summed E-state index contributed by atoms with van der Waals surface area (Å²) in [6.45, 7) is 0. The number of hydrogen-bond donors (Lipinski definition) is 0. The number of benzene rings is 3. The Morgan fingerprint density at radius 3 is 2.24 bits per heavy atom. The van der Waals surface area contributed by atoms with Gasteiger partial charge in [0.1, 0.15) is 0 Å². The molecule has 0 fully saturated rings. The summed E-state index contributed by atoms with van der Waals surface area (Å²) in [6.07, 6.45) is 1.01. The molecule has 0 radical (unpaired) electrons. The summed E-state index contributed by atoms with van der Waals surface area (Å²) < 4.78 is 0. The van der Waals surface area contributed by atoms with Crippen LogP contribution in [0.2, 0.25) is 0 Å². The molecule has 0 nitrogen and oxygen atoms in total. The van der Waals surface area contributed by atoms with E-state index >= 15 is 0 Å². The van der Waals surface area contributed by atoms with E-state index in [0.717, 1.165) is 12.0 Å². The molecule has 1 atom stereocenters. The van der Waals surface area contributed by atoms with Crippen molar-refractivity contribution >= 4 is 11.6 Å². The Kier molecular flexibility index (Phi) is 3.05. The fourth-order valence-corrected chi connectivity index (χ4v) is 3.42. The van der Waals surface area contributed by atoms with Crippen LogP contribution in [0.5, 0.6) is 0 Å². The minimum atomic E-state index is -0.0831. The molecule has 0 heterocycles. The summed E-state index contributed by atoms with van der Waals surface area (Å²) in [5.41, 5.74) is 7.84. The van der Waals surface area contributed by atoms with Crippen molar-refractivity contribution in [1.29, 1.82) is 0 Å². The molecule has 0 amide bonds. The quantitative estimate of drug-likeness (QED) is 0.422. The zero-order chi connectivity index (χ0) is 14.2. The lowest BCUT2D eigenvalue weighted by Gasteiger charge is -2.12. The van der Waals surface area contributed by atoms with Gasteiger partial charge in [-0.25, -0.2) is 0 Å². The maximum absolute atomic E-state index is 6.64. The van der Waals surface area contributed by atoms with Crippen LogP contribution in [0.1, 0.15) is 27.6 Å². The third-order valence-electron chi connectivity index (χ3n) is 4.20. The molecule has 21 heavy (non-hydrogen) atoms. The molecule has 0 bridgehead atoms. The Bertz CT molecular complexity index is 790. The fraction of sp³-hybridized carbons (Fsp3) is 0.100. The lowest BCUT2D eigenvalue weighted by atomic mass is 9.99. The van der Waals surface area contributed by atoms with Gasteiger partial charge in [-0.2, -0.15) is 0 Å². The molecule has 1 aliphatic rings. The summed E-state index contributed by atoms with van der Waals surface area (Å²) in [5, 5.41) is -0.0831. The van der Waals surface area contributed by atoms with Gasteiger partial charge >= 0.3 is 0 Å². The molecular weight excluding hydrogens is 276 g/mol. The molecule has 3 aromatic rings. The van der Waals surface area contributed by atoms with E-state index in [2.05, 4.69) is 54.6 Å². The Morgan fingerprint density at radius 1 is 0.667 bits per heavy atom. The van der Waals surface area contributed by atoms with E-state index in [9.17, 15) is 0 Å². The Hall–Kier alpha value is -2.05. The second kappa shape index (κ2) is 5.05. The number of alkyl halides is 1. The first-order valence-electron chi connectivity index (χ1n) is 7.23. The van der Waals surface area contributed by atoms with Crippen LogP contribution in [-0.4, -0.2) is 0 Å². The average Bonchev–Trinajstić information content (AvgIpc) is 2.92. The first-order valence-corrected chi connectivity index (χ1v) is 7.67. The first kappa shape index (κ1) is 12.7. The van der Waals surface area contributed by atoms with Crippen molar-refractivity contribution in [1.82, 2.24) is 0 Å². The normalized spacial score (nSPS) is 13.6. The number of fused-ring (bicyclic) bond motifs is 3. The van der Waals surface area contributed by atoms with E-state index < -0.39 is 0 Å². The van der Waals surface area contributed by atoms with Gasteiger partial charge in [0.15, 0.2) is 0 Å². The molecule has 0 aliphatic heterocycles. The van der Waals surface area contributed by atoms with Crippen LogP contribution in [0.3, 0.4) is 0 Å². The molecule has 0 N–H and O–H groups in total. The van der Waals surface area contributed by atoms with Gasteiger partial charge in [-0.3, -0.25) is 0 Å².